The fourth-order valence-electron chi connectivity index (χ4n) is 2.22. The lowest BCUT2D eigenvalue weighted by Crippen LogP contribution is -2.26. The molecule has 104 valence electrons. The summed E-state index contributed by atoms with van der Waals surface area (Å²) in [6, 6.07) is 10.7. The van der Waals surface area contributed by atoms with Crippen LogP contribution in [0.15, 0.2) is 30.3 Å². The molecule has 0 saturated heterocycles. The molecule has 0 atom stereocenters. The van der Waals surface area contributed by atoms with Crippen molar-refractivity contribution in [3.05, 3.63) is 41.5 Å². The number of nitriles is 1. The SMILES string of the molecule is N#CCCN(Cc1cccc(C=CC(=O)O)c1)C1CC1. The zero-order valence-corrected chi connectivity index (χ0v) is 11.3. The summed E-state index contributed by atoms with van der Waals surface area (Å²) in [6.45, 7) is 1.62. The van der Waals surface area contributed by atoms with E-state index in [0.29, 0.717) is 12.5 Å². The Morgan fingerprint density at radius 2 is 2.30 bits per heavy atom. The average Bonchev–Trinajstić information content (AvgIpc) is 3.26. The van der Waals surface area contributed by atoms with E-state index in [2.05, 4.69) is 11.0 Å². The van der Waals surface area contributed by atoms with Crippen molar-refractivity contribution >= 4 is 12.0 Å². The van der Waals surface area contributed by atoms with Crippen molar-refractivity contribution in [2.24, 2.45) is 0 Å². The molecule has 1 saturated carbocycles. The second kappa shape index (κ2) is 6.88. The number of hydrogen-bond donors (Lipinski definition) is 1. The molecule has 1 N–H and O–H groups in total. The van der Waals surface area contributed by atoms with Crippen molar-refractivity contribution in [3.8, 4) is 6.07 Å². The number of aliphatic carboxylic acids is 1. The number of carbonyl (C=O) groups is 1. The molecule has 1 aliphatic carbocycles. The van der Waals surface area contributed by atoms with E-state index in [0.717, 1.165) is 30.3 Å². The van der Waals surface area contributed by atoms with Crippen LogP contribution in [0.4, 0.5) is 0 Å². The van der Waals surface area contributed by atoms with Gasteiger partial charge in [0.1, 0.15) is 0 Å². The molecule has 1 fully saturated rings. The number of carboxylic acid groups (broad SMARTS) is 1. The van der Waals surface area contributed by atoms with Crippen LogP contribution in [0.3, 0.4) is 0 Å². The molecule has 1 aromatic carbocycles. The Bertz CT molecular complexity index is 542. The molecular formula is C16H18N2O2. The van der Waals surface area contributed by atoms with E-state index in [1.54, 1.807) is 6.08 Å². The second-order valence-corrected chi connectivity index (χ2v) is 5.03. The van der Waals surface area contributed by atoms with Gasteiger partial charge in [0, 0.05) is 31.6 Å². The lowest BCUT2D eigenvalue weighted by molar-refractivity contribution is -0.131. The van der Waals surface area contributed by atoms with Gasteiger partial charge in [0.2, 0.25) is 0 Å². The van der Waals surface area contributed by atoms with Crippen LogP contribution >= 0.6 is 0 Å². The van der Waals surface area contributed by atoms with E-state index in [4.69, 9.17) is 10.4 Å². The van der Waals surface area contributed by atoms with Gasteiger partial charge in [-0.25, -0.2) is 4.79 Å². The number of benzene rings is 1. The molecule has 0 bridgehead atoms. The largest absolute Gasteiger partial charge is 0.478 e. The predicted octanol–water partition coefficient (Wildman–Crippen LogP) is 2.66. The summed E-state index contributed by atoms with van der Waals surface area (Å²) in [4.78, 5) is 12.9. The monoisotopic (exact) mass is 270 g/mol. The first-order valence-corrected chi connectivity index (χ1v) is 6.80. The Morgan fingerprint density at radius 3 is 2.95 bits per heavy atom. The first-order chi connectivity index (χ1) is 9.69. The van der Waals surface area contributed by atoms with Crippen molar-refractivity contribution in [3.63, 3.8) is 0 Å². The topological polar surface area (TPSA) is 64.3 Å². The fraction of sp³-hybridized carbons (Fsp3) is 0.375. The molecule has 1 aromatic rings. The maximum atomic E-state index is 10.5. The molecule has 0 aliphatic heterocycles. The van der Waals surface area contributed by atoms with E-state index in [9.17, 15) is 4.79 Å². The van der Waals surface area contributed by atoms with Gasteiger partial charge < -0.3 is 5.11 Å². The Kier molecular flexibility index (Phi) is 4.91. The quantitative estimate of drug-likeness (QED) is 0.774. The summed E-state index contributed by atoms with van der Waals surface area (Å²) in [7, 11) is 0. The first kappa shape index (κ1) is 14.3. The molecule has 0 unspecified atom stereocenters. The van der Waals surface area contributed by atoms with Crippen LogP contribution in [0.2, 0.25) is 0 Å². The third-order valence-electron chi connectivity index (χ3n) is 3.33. The minimum atomic E-state index is -0.941. The minimum Gasteiger partial charge on any atom is -0.478 e. The summed E-state index contributed by atoms with van der Waals surface area (Å²) in [5.74, 6) is -0.941. The van der Waals surface area contributed by atoms with Crippen LogP contribution in [0.1, 0.15) is 30.4 Å². The van der Waals surface area contributed by atoms with Crippen molar-refractivity contribution in [2.75, 3.05) is 6.54 Å². The molecule has 2 rings (SSSR count). The van der Waals surface area contributed by atoms with E-state index >= 15 is 0 Å². The lowest BCUT2D eigenvalue weighted by atomic mass is 10.1. The summed E-state index contributed by atoms with van der Waals surface area (Å²) >= 11 is 0. The Labute approximate surface area is 118 Å². The van der Waals surface area contributed by atoms with Gasteiger partial charge in [-0.1, -0.05) is 24.3 Å². The number of rotatable bonds is 7. The third kappa shape index (κ3) is 4.52. The molecule has 0 amide bonds. The predicted molar refractivity (Wildman–Crippen MR) is 76.8 cm³/mol. The van der Waals surface area contributed by atoms with E-state index in [1.165, 1.54) is 12.8 Å². The number of hydrogen-bond acceptors (Lipinski definition) is 3. The fourth-order valence-corrected chi connectivity index (χ4v) is 2.22. The summed E-state index contributed by atoms with van der Waals surface area (Å²) < 4.78 is 0. The van der Waals surface area contributed by atoms with Crippen LogP contribution in [0.25, 0.3) is 6.08 Å². The Morgan fingerprint density at radius 1 is 1.50 bits per heavy atom. The molecule has 0 spiro atoms. The van der Waals surface area contributed by atoms with Crippen LogP contribution < -0.4 is 0 Å². The van der Waals surface area contributed by atoms with Gasteiger partial charge in [-0.3, -0.25) is 4.90 Å². The molecule has 4 nitrogen and oxygen atoms in total. The first-order valence-electron chi connectivity index (χ1n) is 6.80. The maximum Gasteiger partial charge on any atom is 0.328 e. The summed E-state index contributed by atoms with van der Waals surface area (Å²) in [5, 5.41) is 17.4. The highest BCUT2D eigenvalue weighted by atomic mass is 16.4. The van der Waals surface area contributed by atoms with E-state index in [-0.39, 0.29) is 0 Å². The number of nitrogens with zero attached hydrogens (tertiary/aromatic N) is 2. The van der Waals surface area contributed by atoms with Gasteiger partial charge in [-0.15, -0.1) is 0 Å². The molecule has 4 heteroatoms. The molecular weight excluding hydrogens is 252 g/mol. The van der Waals surface area contributed by atoms with Crippen molar-refractivity contribution in [1.29, 1.82) is 5.26 Å². The van der Waals surface area contributed by atoms with Gasteiger partial charge in [0.05, 0.1) is 6.07 Å². The standard InChI is InChI=1S/C16H18N2O2/c17-9-2-10-18(15-6-7-15)12-14-4-1-3-13(11-14)5-8-16(19)20/h1,3-5,8,11,15H,2,6-7,10,12H2,(H,19,20). The van der Waals surface area contributed by atoms with Gasteiger partial charge in [-0.05, 0) is 30.0 Å². The maximum absolute atomic E-state index is 10.5. The highest BCUT2D eigenvalue weighted by Gasteiger charge is 2.28. The molecule has 20 heavy (non-hydrogen) atoms. The smallest absolute Gasteiger partial charge is 0.328 e. The normalized spacial score (nSPS) is 14.6. The van der Waals surface area contributed by atoms with Crippen molar-refractivity contribution < 1.29 is 9.90 Å². The van der Waals surface area contributed by atoms with Gasteiger partial charge in [0.25, 0.3) is 0 Å². The van der Waals surface area contributed by atoms with Gasteiger partial charge >= 0.3 is 5.97 Å². The van der Waals surface area contributed by atoms with Crippen molar-refractivity contribution in [2.45, 2.75) is 31.8 Å². The molecule has 1 aliphatic rings. The summed E-state index contributed by atoms with van der Waals surface area (Å²) in [5.41, 5.74) is 2.04. The zero-order valence-electron chi connectivity index (χ0n) is 11.3. The van der Waals surface area contributed by atoms with Crippen LogP contribution in [0.5, 0.6) is 0 Å². The average molecular weight is 270 g/mol. The summed E-state index contributed by atoms with van der Waals surface area (Å²) in [6.07, 6.45) is 5.72. The Hall–Kier alpha value is -2.12. The van der Waals surface area contributed by atoms with Crippen molar-refractivity contribution in [1.82, 2.24) is 4.90 Å². The third-order valence-corrected chi connectivity index (χ3v) is 3.33. The van der Waals surface area contributed by atoms with Crippen LogP contribution in [-0.4, -0.2) is 28.6 Å². The molecule has 0 heterocycles. The second-order valence-electron chi connectivity index (χ2n) is 5.03. The van der Waals surface area contributed by atoms with E-state index in [1.807, 2.05) is 24.3 Å². The Balaban J connectivity index is 2.02. The highest BCUT2D eigenvalue weighted by molar-refractivity contribution is 5.85. The number of carboxylic acids is 1. The minimum absolute atomic E-state index is 0.551. The van der Waals surface area contributed by atoms with Crippen LogP contribution in [0, 0.1) is 11.3 Å². The van der Waals surface area contributed by atoms with Gasteiger partial charge in [-0.2, -0.15) is 5.26 Å². The lowest BCUT2D eigenvalue weighted by Gasteiger charge is -2.20. The molecule has 0 aromatic heterocycles. The van der Waals surface area contributed by atoms with Gasteiger partial charge in [0.15, 0.2) is 0 Å². The van der Waals surface area contributed by atoms with E-state index < -0.39 is 5.97 Å². The zero-order chi connectivity index (χ0) is 14.4. The highest BCUT2D eigenvalue weighted by Crippen LogP contribution is 2.28. The van der Waals surface area contributed by atoms with Crippen LogP contribution in [-0.2, 0) is 11.3 Å². The molecule has 0 radical (unpaired) electrons.